The summed E-state index contributed by atoms with van der Waals surface area (Å²) < 4.78 is 5.35. The molecule has 4 N–H and O–H groups in total. The zero-order valence-corrected chi connectivity index (χ0v) is 8.97. The van der Waals surface area contributed by atoms with E-state index < -0.39 is 0 Å². The minimum atomic E-state index is 0.0553. The molecule has 0 aliphatic rings. The molecule has 0 aliphatic heterocycles. The molecule has 0 saturated carbocycles. The first-order valence-corrected chi connectivity index (χ1v) is 4.91. The van der Waals surface area contributed by atoms with E-state index in [2.05, 4.69) is 4.99 Å². The number of benzene rings is 1. The standard InChI is InChI=1S/C12H13N3O/c1-8-9(11-6-3-7-16-11)4-2-5-10(8)15-12(13)14/h2-7H,1H3,(H4,13,14,15). The maximum Gasteiger partial charge on any atom is 0.191 e. The Morgan fingerprint density at radius 1 is 1.19 bits per heavy atom. The van der Waals surface area contributed by atoms with Gasteiger partial charge in [-0.25, -0.2) is 4.99 Å². The molecular weight excluding hydrogens is 202 g/mol. The number of nitrogens with zero attached hydrogens (tertiary/aromatic N) is 1. The highest BCUT2D eigenvalue weighted by molar-refractivity contribution is 5.81. The molecule has 0 aliphatic carbocycles. The summed E-state index contributed by atoms with van der Waals surface area (Å²) >= 11 is 0. The summed E-state index contributed by atoms with van der Waals surface area (Å²) in [4.78, 5) is 4.06. The lowest BCUT2D eigenvalue weighted by Crippen LogP contribution is -2.22. The van der Waals surface area contributed by atoms with Crippen molar-refractivity contribution >= 4 is 11.6 Å². The third-order valence-corrected chi connectivity index (χ3v) is 2.34. The van der Waals surface area contributed by atoms with E-state index in [0.717, 1.165) is 22.6 Å². The third kappa shape index (κ3) is 1.91. The molecule has 1 aromatic carbocycles. The van der Waals surface area contributed by atoms with Crippen LogP contribution in [0.5, 0.6) is 0 Å². The van der Waals surface area contributed by atoms with E-state index in [4.69, 9.17) is 15.9 Å². The Balaban J connectivity index is 2.53. The molecule has 2 rings (SSSR count). The van der Waals surface area contributed by atoms with Crippen LogP contribution in [-0.2, 0) is 0 Å². The zero-order chi connectivity index (χ0) is 11.5. The van der Waals surface area contributed by atoms with Crippen molar-refractivity contribution < 1.29 is 4.42 Å². The van der Waals surface area contributed by atoms with Crippen molar-refractivity contribution in [1.29, 1.82) is 0 Å². The summed E-state index contributed by atoms with van der Waals surface area (Å²) in [5.41, 5.74) is 13.5. The minimum Gasteiger partial charge on any atom is -0.464 e. The average molecular weight is 215 g/mol. The van der Waals surface area contributed by atoms with E-state index >= 15 is 0 Å². The Bertz CT molecular complexity index is 511. The van der Waals surface area contributed by atoms with Crippen LogP contribution in [0.15, 0.2) is 46.0 Å². The molecule has 0 atom stereocenters. The highest BCUT2D eigenvalue weighted by Crippen LogP contribution is 2.30. The van der Waals surface area contributed by atoms with Crippen LogP contribution in [0.1, 0.15) is 5.56 Å². The van der Waals surface area contributed by atoms with Crippen molar-refractivity contribution in [2.45, 2.75) is 6.92 Å². The number of hydrogen-bond acceptors (Lipinski definition) is 2. The number of aliphatic imine (C=N–C) groups is 1. The van der Waals surface area contributed by atoms with E-state index in [-0.39, 0.29) is 5.96 Å². The minimum absolute atomic E-state index is 0.0553. The second-order valence-electron chi connectivity index (χ2n) is 3.46. The van der Waals surface area contributed by atoms with Crippen molar-refractivity contribution in [3.8, 4) is 11.3 Å². The smallest absolute Gasteiger partial charge is 0.191 e. The van der Waals surface area contributed by atoms with Gasteiger partial charge in [0.2, 0.25) is 0 Å². The number of rotatable bonds is 2. The number of furan rings is 1. The molecule has 0 unspecified atom stereocenters. The van der Waals surface area contributed by atoms with Gasteiger partial charge < -0.3 is 15.9 Å². The summed E-state index contributed by atoms with van der Waals surface area (Å²) in [6, 6.07) is 9.48. The molecule has 0 radical (unpaired) electrons. The van der Waals surface area contributed by atoms with Gasteiger partial charge in [-0.3, -0.25) is 0 Å². The van der Waals surface area contributed by atoms with Crippen LogP contribution in [0.25, 0.3) is 11.3 Å². The molecule has 0 saturated heterocycles. The van der Waals surface area contributed by atoms with Crippen molar-refractivity contribution in [1.82, 2.24) is 0 Å². The van der Waals surface area contributed by atoms with Crippen LogP contribution in [0.4, 0.5) is 5.69 Å². The van der Waals surface area contributed by atoms with Gasteiger partial charge >= 0.3 is 0 Å². The molecule has 4 heteroatoms. The Morgan fingerprint density at radius 2 is 2.00 bits per heavy atom. The van der Waals surface area contributed by atoms with Crippen LogP contribution in [0, 0.1) is 6.92 Å². The van der Waals surface area contributed by atoms with Crippen LogP contribution < -0.4 is 11.5 Å². The van der Waals surface area contributed by atoms with E-state index in [1.165, 1.54) is 0 Å². The molecule has 16 heavy (non-hydrogen) atoms. The van der Waals surface area contributed by atoms with Gasteiger partial charge in [0, 0.05) is 5.56 Å². The summed E-state index contributed by atoms with van der Waals surface area (Å²) in [6.45, 7) is 1.96. The first kappa shape index (κ1) is 10.3. The normalized spacial score (nSPS) is 10.1. The topological polar surface area (TPSA) is 77.5 Å². The van der Waals surface area contributed by atoms with Gasteiger partial charge in [0.05, 0.1) is 12.0 Å². The predicted molar refractivity (Wildman–Crippen MR) is 64.4 cm³/mol. The van der Waals surface area contributed by atoms with Crippen LogP contribution in [0.3, 0.4) is 0 Å². The molecular formula is C12H13N3O. The van der Waals surface area contributed by atoms with Crippen molar-refractivity contribution in [2.24, 2.45) is 16.5 Å². The molecule has 1 heterocycles. The van der Waals surface area contributed by atoms with Gasteiger partial charge in [-0.05, 0) is 30.7 Å². The lowest BCUT2D eigenvalue weighted by atomic mass is 10.0. The summed E-state index contributed by atoms with van der Waals surface area (Å²) in [5.74, 6) is 0.866. The van der Waals surface area contributed by atoms with Crippen molar-refractivity contribution in [3.05, 3.63) is 42.2 Å². The van der Waals surface area contributed by atoms with Gasteiger partial charge in [0.15, 0.2) is 5.96 Å². The number of hydrogen-bond donors (Lipinski definition) is 2. The molecule has 0 bridgehead atoms. The zero-order valence-electron chi connectivity index (χ0n) is 8.97. The summed E-state index contributed by atoms with van der Waals surface area (Å²) in [5, 5.41) is 0. The first-order valence-electron chi connectivity index (χ1n) is 4.91. The van der Waals surface area contributed by atoms with Crippen LogP contribution >= 0.6 is 0 Å². The highest BCUT2D eigenvalue weighted by atomic mass is 16.3. The molecule has 0 fully saturated rings. The van der Waals surface area contributed by atoms with Gasteiger partial charge in [0.1, 0.15) is 5.76 Å². The fraction of sp³-hybridized carbons (Fsp3) is 0.0833. The quantitative estimate of drug-likeness (QED) is 0.595. The lowest BCUT2D eigenvalue weighted by molar-refractivity contribution is 0.582. The monoisotopic (exact) mass is 215 g/mol. The van der Waals surface area contributed by atoms with E-state index in [1.54, 1.807) is 6.26 Å². The molecule has 4 nitrogen and oxygen atoms in total. The Morgan fingerprint density at radius 3 is 2.62 bits per heavy atom. The Hall–Kier alpha value is -2.23. The largest absolute Gasteiger partial charge is 0.464 e. The highest BCUT2D eigenvalue weighted by Gasteiger charge is 2.07. The average Bonchev–Trinajstić information content (AvgIpc) is 2.73. The fourth-order valence-corrected chi connectivity index (χ4v) is 1.58. The first-order chi connectivity index (χ1) is 7.68. The van der Waals surface area contributed by atoms with Gasteiger partial charge in [-0.1, -0.05) is 12.1 Å². The fourth-order valence-electron chi connectivity index (χ4n) is 1.58. The third-order valence-electron chi connectivity index (χ3n) is 2.34. The maximum absolute atomic E-state index is 5.37. The van der Waals surface area contributed by atoms with E-state index in [1.807, 2.05) is 37.3 Å². The van der Waals surface area contributed by atoms with Gasteiger partial charge in [-0.2, -0.15) is 0 Å². The number of nitrogens with two attached hydrogens (primary N) is 2. The van der Waals surface area contributed by atoms with Gasteiger partial charge in [-0.15, -0.1) is 0 Å². The SMILES string of the molecule is Cc1c(N=C(N)N)cccc1-c1ccco1. The Kier molecular flexibility index (Phi) is 2.64. The second-order valence-corrected chi connectivity index (χ2v) is 3.46. The molecule has 0 spiro atoms. The Labute approximate surface area is 93.6 Å². The summed E-state index contributed by atoms with van der Waals surface area (Å²) in [7, 11) is 0. The lowest BCUT2D eigenvalue weighted by Gasteiger charge is -2.05. The summed E-state index contributed by atoms with van der Waals surface area (Å²) in [6.07, 6.45) is 1.64. The van der Waals surface area contributed by atoms with E-state index in [0.29, 0.717) is 0 Å². The van der Waals surface area contributed by atoms with Gasteiger partial charge in [0.25, 0.3) is 0 Å². The van der Waals surface area contributed by atoms with Crippen molar-refractivity contribution in [2.75, 3.05) is 0 Å². The molecule has 82 valence electrons. The molecule has 2 aromatic rings. The van der Waals surface area contributed by atoms with Crippen molar-refractivity contribution in [3.63, 3.8) is 0 Å². The predicted octanol–water partition coefficient (Wildman–Crippen LogP) is 2.16. The maximum atomic E-state index is 5.37. The van der Waals surface area contributed by atoms with Crippen LogP contribution in [0.2, 0.25) is 0 Å². The molecule has 1 aromatic heterocycles. The second kappa shape index (κ2) is 4.10. The number of guanidine groups is 1. The van der Waals surface area contributed by atoms with E-state index in [9.17, 15) is 0 Å². The molecule has 0 amide bonds. The van der Waals surface area contributed by atoms with Crippen LogP contribution in [-0.4, -0.2) is 5.96 Å².